The Balaban J connectivity index is 2.60. The summed E-state index contributed by atoms with van der Waals surface area (Å²) in [6, 6.07) is 9.45. The molecule has 0 radical (unpaired) electrons. The van der Waals surface area contributed by atoms with Gasteiger partial charge in [-0.05, 0) is 18.4 Å². The van der Waals surface area contributed by atoms with E-state index in [1.807, 2.05) is 30.3 Å². The first-order valence-corrected chi connectivity index (χ1v) is 4.61. The summed E-state index contributed by atoms with van der Waals surface area (Å²) < 4.78 is 0. The average Bonchev–Trinajstić information content (AvgIpc) is 2.18. The molecule has 0 aliphatic rings. The summed E-state index contributed by atoms with van der Waals surface area (Å²) >= 11 is 0. The highest BCUT2D eigenvalue weighted by Crippen LogP contribution is 2.12. The van der Waals surface area contributed by atoms with Crippen molar-refractivity contribution in [3.63, 3.8) is 0 Å². The van der Waals surface area contributed by atoms with Gasteiger partial charge in [-0.3, -0.25) is 4.79 Å². The summed E-state index contributed by atoms with van der Waals surface area (Å²) in [5.74, 6) is -1.33. The predicted molar refractivity (Wildman–Crippen MR) is 53.0 cm³/mol. The maximum absolute atomic E-state index is 10.8. The topological polar surface area (TPSA) is 57.5 Å². The molecule has 0 aromatic heterocycles. The molecule has 1 aromatic rings. The average molecular weight is 194 g/mol. The number of hydrogen-bond donors (Lipinski definition) is 2. The molecular formula is C11H14O3. The molecule has 2 N–H and O–H groups in total. The molecule has 14 heavy (non-hydrogen) atoms. The van der Waals surface area contributed by atoms with Crippen LogP contribution in [-0.2, 0) is 11.2 Å². The minimum absolute atomic E-state index is 0.0796. The number of hydrogen-bond acceptors (Lipinski definition) is 2. The second kappa shape index (κ2) is 5.40. The summed E-state index contributed by atoms with van der Waals surface area (Å²) in [4.78, 5) is 10.8. The lowest BCUT2D eigenvalue weighted by Gasteiger charge is -2.10. The standard InChI is InChI=1S/C11H14O3/c12-7-6-10(11(13)14)8-9-4-2-1-3-5-9/h1-5,10,12H,6-8H2,(H,13,14)/t10-/m0/s1. The largest absolute Gasteiger partial charge is 0.481 e. The van der Waals surface area contributed by atoms with Crippen LogP contribution in [0.25, 0.3) is 0 Å². The van der Waals surface area contributed by atoms with Gasteiger partial charge in [0.1, 0.15) is 0 Å². The SMILES string of the molecule is O=C(O)[C@@H](CCO)Cc1ccccc1. The Labute approximate surface area is 83.0 Å². The summed E-state index contributed by atoms with van der Waals surface area (Å²) in [5.41, 5.74) is 0.994. The van der Waals surface area contributed by atoms with Gasteiger partial charge in [-0.25, -0.2) is 0 Å². The maximum Gasteiger partial charge on any atom is 0.306 e. The van der Waals surface area contributed by atoms with Crippen molar-refractivity contribution in [3.05, 3.63) is 35.9 Å². The smallest absolute Gasteiger partial charge is 0.306 e. The van der Waals surface area contributed by atoms with E-state index in [2.05, 4.69) is 0 Å². The molecule has 1 aromatic carbocycles. The third kappa shape index (κ3) is 3.18. The van der Waals surface area contributed by atoms with Crippen LogP contribution in [0.2, 0.25) is 0 Å². The van der Waals surface area contributed by atoms with Gasteiger partial charge in [-0.2, -0.15) is 0 Å². The molecule has 76 valence electrons. The monoisotopic (exact) mass is 194 g/mol. The highest BCUT2D eigenvalue weighted by atomic mass is 16.4. The lowest BCUT2D eigenvalue weighted by atomic mass is 9.97. The molecule has 0 saturated carbocycles. The molecule has 0 saturated heterocycles. The molecule has 0 aliphatic heterocycles. The van der Waals surface area contributed by atoms with Crippen LogP contribution in [0.4, 0.5) is 0 Å². The van der Waals surface area contributed by atoms with Crippen molar-refractivity contribution < 1.29 is 15.0 Å². The van der Waals surface area contributed by atoms with Crippen LogP contribution in [0, 0.1) is 5.92 Å². The van der Waals surface area contributed by atoms with Gasteiger partial charge >= 0.3 is 5.97 Å². The van der Waals surface area contributed by atoms with Gasteiger partial charge in [-0.1, -0.05) is 30.3 Å². The number of rotatable bonds is 5. The molecule has 3 nitrogen and oxygen atoms in total. The van der Waals surface area contributed by atoms with Crippen LogP contribution >= 0.6 is 0 Å². The first-order chi connectivity index (χ1) is 6.74. The van der Waals surface area contributed by atoms with Crippen LogP contribution in [0.3, 0.4) is 0 Å². The Morgan fingerprint density at radius 3 is 2.43 bits per heavy atom. The Bertz CT molecular complexity index is 282. The van der Waals surface area contributed by atoms with Gasteiger partial charge in [0.05, 0.1) is 5.92 Å². The Morgan fingerprint density at radius 2 is 1.93 bits per heavy atom. The lowest BCUT2D eigenvalue weighted by Crippen LogP contribution is -2.17. The first kappa shape index (κ1) is 10.7. The normalized spacial score (nSPS) is 12.4. The summed E-state index contributed by atoms with van der Waals surface area (Å²) in [7, 11) is 0. The Morgan fingerprint density at radius 1 is 1.29 bits per heavy atom. The molecule has 0 unspecified atom stereocenters. The van der Waals surface area contributed by atoms with E-state index >= 15 is 0 Å². The van der Waals surface area contributed by atoms with Crippen LogP contribution in [-0.4, -0.2) is 22.8 Å². The van der Waals surface area contributed by atoms with Gasteiger partial charge in [0.25, 0.3) is 0 Å². The number of aliphatic hydroxyl groups excluding tert-OH is 1. The van der Waals surface area contributed by atoms with Crippen molar-refractivity contribution in [1.29, 1.82) is 0 Å². The number of aliphatic hydroxyl groups is 1. The zero-order chi connectivity index (χ0) is 10.4. The van der Waals surface area contributed by atoms with Gasteiger partial charge in [-0.15, -0.1) is 0 Å². The quantitative estimate of drug-likeness (QED) is 0.743. The third-order valence-corrected chi connectivity index (χ3v) is 2.15. The van der Waals surface area contributed by atoms with Crippen LogP contribution in [0.15, 0.2) is 30.3 Å². The number of aliphatic carboxylic acids is 1. The number of carboxylic acids is 1. The zero-order valence-corrected chi connectivity index (χ0v) is 7.89. The Kier molecular flexibility index (Phi) is 4.13. The lowest BCUT2D eigenvalue weighted by molar-refractivity contribution is -0.142. The number of benzene rings is 1. The van der Waals surface area contributed by atoms with Gasteiger partial charge < -0.3 is 10.2 Å². The molecular weight excluding hydrogens is 180 g/mol. The van der Waals surface area contributed by atoms with Gasteiger partial charge in [0.2, 0.25) is 0 Å². The highest BCUT2D eigenvalue weighted by Gasteiger charge is 2.16. The van der Waals surface area contributed by atoms with Gasteiger partial charge in [0.15, 0.2) is 0 Å². The second-order valence-corrected chi connectivity index (χ2v) is 3.24. The van der Waals surface area contributed by atoms with Crippen molar-refractivity contribution in [2.45, 2.75) is 12.8 Å². The molecule has 0 heterocycles. The highest BCUT2D eigenvalue weighted by molar-refractivity contribution is 5.70. The fraction of sp³-hybridized carbons (Fsp3) is 0.364. The predicted octanol–water partition coefficient (Wildman–Crippen LogP) is 1.31. The van der Waals surface area contributed by atoms with Crippen LogP contribution in [0.1, 0.15) is 12.0 Å². The summed E-state index contributed by atoms with van der Waals surface area (Å²) in [5, 5.41) is 17.6. The van der Waals surface area contributed by atoms with E-state index in [9.17, 15) is 4.79 Å². The number of carbonyl (C=O) groups is 1. The summed E-state index contributed by atoms with van der Waals surface area (Å²) in [6.07, 6.45) is 0.793. The molecule has 0 bridgehead atoms. The Hall–Kier alpha value is -1.35. The molecule has 0 fully saturated rings. The molecule has 0 amide bonds. The van der Waals surface area contributed by atoms with Crippen molar-refractivity contribution in [1.82, 2.24) is 0 Å². The van der Waals surface area contributed by atoms with Crippen molar-refractivity contribution in [2.24, 2.45) is 5.92 Å². The minimum atomic E-state index is -0.845. The van der Waals surface area contributed by atoms with Crippen molar-refractivity contribution in [2.75, 3.05) is 6.61 Å². The fourth-order valence-electron chi connectivity index (χ4n) is 1.37. The second-order valence-electron chi connectivity index (χ2n) is 3.24. The summed E-state index contributed by atoms with van der Waals surface area (Å²) in [6.45, 7) is -0.0796. The maximum atomic E-state index is 10.8. The molecule has 1 rings (SSSR count). The minimum Gasteiger partial charge on any atom is -0.481 e. The van der Waals surface area contributed by atoms with E-state index < -0.39 is 11.9 Å². The van der Waals surface area contributed by atoms with Crippen molar-refractivity contribution in [3.8, 4) is 0 Å². The van der Waals surface area contributed by atoms with Crippen LogP contribution < -0.4 is 0 Å². The molecule has 0 aliphatic carbocycles. The van der Waals surface area contributed by atoms with Gasteiger partial charge in [0, 0.05) is 6.61 Å². The fourth-order valence-corrected chi connectivity index (χ4v) is 1.37. The molecule has 1 atom stereocenters. The first-order valence-electron chi connectivity index (χ1n) is 4.61. The van der Waals surface area contributed by atoms with E-state index in [-0.39, 0.29) is 6.61 Å². The number of carboxylic acid groups (broad SMARTS) is 1. The molecule has 3 heteroatoms. The molecule has 0 spiro atoms. The van der Waals surface area contributed by atoms with E-state index in [4.69, 9.17) is 10.2 Å². The van der Waals surface area contributed by atoms with Crippen LogP contribution in [0.5, 0.6) is 0 Å². The van der Waals surface area contributed by atoms with Crippen molar-refractivity contribution >= 4 is 5.97 Å². The van der Waals surface area contributed by atoms with E-state index in [1.165, 1.54) is 0 Å². The third-order valence-electron chi connectivity index (χ3n) is 2.15. The van der Waals surface area contributed by atoms with E-state index in [0.717, 1.165) is 5.56 Å². The van der Waals surface area contributed by atoms with E-state index in [1.54, 1.807) is 0 Å². The zero-order valence-electron chi connectivity index (χ0n) is 7.89. The van der Waals surface area contributed by atoms with E-state index in [0.29, 0.717) is 12.8 Å².